The molecule has 0 aliphatic carbocycles. The van der Waals surface area contributed by atoms with Crippen molar-refractivity contribution in [2.45, 2.75) is 26.0 Å². The molecule has 0 aliphatic heterocycles. The van der Waals surface area contributed by atoms with Gasteiger partial charge in [0.15, 0.2) is 0 Å². The zero-order valence-electron chi connectivity index (χ0n) is 12.4. The summed E-state index contributed by atoms with van der Waals surface area (Å²) >= 11 is 5.94. The Balaban J connectivity index is 2.39. The molecule has 1 unspecified atom stereocenters. The average Bonchev–Trinajstić information content (AvgIpc) is 2.43. The second kappa shape index (κ2) is 7.61. The minimum Gasteiger partial charge on any atom is -0.491 e. The number of nitrogens with one attached hydrogen (secondary N) is 1. The smallest absolute Gasteiger partial charge is 0.120 e. The van der Waals surface area contributed by atoms with Crippen molar-refractivity contribution in [2.24, 2.45) is 0 Å². The topological polar surface area (TPSA) is 21.3 Å². The van der Waals surface area contributed by atoms with E-state index in [1.54, 1.807) is 0 Å². The molecule has 0 amide bonds. The maximum absolute atomic E-state index is 5.80. The predicted octanol–water partition coefficient (Wildman–Crippen LogP) is 5.15. The van der Waals surface area contributed by atoms with E-state index in [9.17, 15) is 0 Å². The normalized spacial score (nSPS) is 12.5. The molecule has 1 N–H and O–H groups in total. The van der Waals surface area contributed by atoms with Crippen LogP contribution in [0.1, 0.15) is 31.0 Å². The molecule has 21 heavy (non-hydrogen) atoms. The Morgan fingerprint density at radius 1 is 1.14 bits per heavy atom. The highest BCUT2D eigenvalue weighted by molar-refractivity contribution is 14.1. The van der Waals surface area contributed by atoms with Crippen LogP contribution in [0.5, 0.6) is 5.75 Å². The molecule has 4 heteroatoms. The van der Waals surface area contributed by atoms with E-state index in [4.69, 9.17) is 4.74 Å². The Kier molecular flexibility index (Phi) is 6.08. The first-order chi connectivity index (χ1) is 10.0. The summed E-state index contributed by atoms with van der Waals surface area (Å²) in [7, 11) is 1.98. The van der Waals surface area contributed by atoms with Gasteiger partial charge in [-0.1, -0.05) is 28.1 Å². The molecule has 0 radical (unpaired) electrons. The first-order valence-electron chi connectivity index (χ1n) is 6.90. The molecule has 2 aromatic rings. The molecule has 0 fully saturated rings. The molecule has 1 atom stereocenters. The predicted molar refractivity (Wildman–Crippen MR) is 100.0 cm³/mol. The van der Waals surface area contributed by atoms with Crippen LogP contribution in [0.25, 0.3) is 0 Å². The van der Waals surface area contributed by atoms with Gasteiger partial charge in [-0.2, -0.15) is 0 Å². The molecule has 2 aromatic carbocycles. The molecule has 0 aromatic heterocycles. The quantitative estimate of drug-likeness (QED) is 0.624. The van der Waals surface area contributed by atoms with Gasteiger partial charge in [-0.25, -0.2) is 0 Å². The molecule has 2 rings (SSSR count). The van der Waals surface area contributed by atoms with E-state index >= 15 is 0 Å². The van der Waals surface area contributed by atoms with Crippen LogP contribution >= 0.6 is 38.5 Å². The fraction of sp³-hybridized carbons (Fsp3) is 0.294. The standard InChI is InChI=1S/C17H19BrINO/c1-11(2)21-14-6-4-5-12(9-14)17(20-3)15-10-13(18)7-8-16(15)19/h4-11,17,20H,1-3H3. The molecule has 0 spiro atoms. The summed E-state index contributed by atoms with van der Waals surface area (Å²) in [6.07, 6.45) is 0.180. The van der Waals surface area contributed by atoms with E-state index in [0.29, 0.717) is 0 Å². The molecule has 0 saturated carbocycles. The number of benzene rings is 2. The van der Waals surface area contributed by atoms with Gasteiger partial charge in [-0.15, -0.1) is 0 Å². The van der Waals surface area contributed by atoms with Crippen molar-refractivity contribution in [3.8, 4) is 5.75 Å². The monoisotopic (exact) mass is 459 g/mol. The summed E-state index contributed by atoms with van der Waals surface area (Å²) < 4.78 is 8.13. The van der Waals surface area contributed by atoms with Crippen LogP contribution in [0, 0.1) is 3.57 Å². The molecule has 0 saturated heterocycles. The molecule has 0 heterocycles. The van der Waals surface area contributed by atoms with Crippen molar-refractivity contribution >= 4 is 38.5 Å². The van der Waals surface area contributed by atoms with Crippen LogP contribution < -0.4 is 10.1 Å². The minimum absolute atomic E-state index is 0.144. The van der Waals surface area contributed by atoms with Gasteiger partial charge in [0.05, 0.1) is 12.1 Å². The SMILES string of the molecule is CNC(c1cccc(OC(C)C)c1)c1cc(Br)ccc1I. The molecule has 112 valence electrons. The summed E-state index contributed by atoms with van der Waals surface area (Å²) in [5.41, 5.74) is 2.46. The summed E-state index contributed by atoms with van der Waals surface area (Å²) in [6, 6.07) is 14.8. The highest BCUT2D eigenvalue weighted by Gasteiger charge is 2.16. The highest BCUT2D eigenvalue weighted by atomic mass is 127. The zero-order valence-corrected chi connectivity index (χ0v) is 16.1. The van der Waals surface area contributed by atoms with E-state index < -0.39 is 0 Å². The summed E-state index contributed by atoms with van der Waals surface area (Å²) in [5.74, 6) is 0.910. The van der Waals surface area contributed by atoms with Crippen molar-refractivity contribution in [2.75, 3.05) is 7.05 Å². The van der Waals surface area contributed by atoms with Gasteiger partial charge in [-0.05, 0) is 84.9 Å². The first-order valence-corrected chi connectivity index (χ1v) is 8.77. The Morgan fingerprint density at radius 2 is 1.90 bits per heavy atom. The Hall–Kier alpha value is -0.590. The van der Waals surface area contributed by atoms with Crippen LogP contribution in [-0.4, -0.2) is 13.2 Å². The average molecular weight is 460 g/mol. The van der Waals surface area contributed by atoms with Crippen molar-refractivity contribution in [1.82, 2.24) is 5.32 Å². The second-order valence-electron chi connectivity index (χ2n) is 5.13. The van der Waals surface area contributed by atoms with Crippen molar-refractivity contribution in [3.05, 3.63) is 61.6 Å². The van der Waals surface area contributed by atoms with E-state index in [2.05, 4.69) is 74.2 Å². The molecular formula is C17H19BrINO. The Morgan fingerprint density at radius 3 is 2.57 bits per heavy atom. The van der Waals surface area contributed by atoms with Crippen LogP contribution in [-0.2, 0) is 0 Å². The lowest BCUT2D eigenvalue weighted by atomic mass is 9.99. The molecular weight excluding hydrogens is 441 g/mol. The number of ether oxygens (including phenoxy) is 1. The van der Waals surface area contributed by atoms with Gasteiger partial charge < -0.3 is 10.1 Å². The van der Waals surface area contributed by atoms with Crippen molar-refractivity contribution in [1.29, 1.82) is 0 Å². The van der Waals surface area contributed by atoms with Gasteiger partial charge >= 0.3 is 0 Å². The van der Waals surface area contributed by atoms with Crippen LogP contribution in [0.15, 0.2) is 46.9 Å². The maximum atomic E-state index is 5.80. The largest absolute Gasteiger partial charge is 0.491 e. The Labute approximate surface area is 148 Å². The van der Waals surface area contributed by atoms with Crippen molar-refractivity contribution in [3.63, 3.8) is 0 Å². The van der Waals surface area contributed by atoms with Gasteiger partial charge in [0, 0.05) is 8.04 Å². The second-order valence-corrected chi connectivity index (χ2v) is 7.20. The summed E-state index contributed by atoms with van der Waals surface area (Å²) in [4.78, 5) is 0. The Bertz CT molecular complexity index is 615. The van der Waals surface area contributed by atoms with Gasteiger partial charge in [0.2, 0.25) is 0 Å². The minimum atomic E-state index is 0.144. The van der Waals surface area contributed by atoms with Crippen LogP contribution in [0.4, 0.5) is 0 Å². The lowest BCUT2D eigenvalue weighted by molar-refractivity contribution is 0.242. The fourth-order valence-electron chi connectivity index (χ4n) is 2.28. The van der Waals surface area contributed by atoms with E-state index in [-0.39, 0.29) is 12.1 Å². The number of halogens is 2. The third-order valence-corrected chi connectivity index (χ3v) is 4.60. The third kappa shape index (κ3) is 4.44. The van der Waals surface area contributed by atoms with Crippen LogP contribution in [0.3, 0.4) is 0 Å². The lowest BCUT2D eigenvalue weighted by Gasteiger charge is -2.20. The van der Waals surface area contributed by atoms with Gasteiger partial charge in [0.25, 0.3) is 0 Å². The summed E-state index contributed by atoms with van der Waals surface area (Å²) in [5, 5.41) is 3.40. The number of hydrogen-bond donors (Lipinski definition) is 1. The van der Waals surface area contributed by atoms with Crippen LogP contribution in [0.2, 0.25) is 0 Å². The third-order valence-electron chi connectivity index (χ3n) is 3.12. The molecule has 0 bridgehead atoms. The maximum Gasteiger partial charge on any atom is 0.120 e. The lowest BCUT2D eigenvalue weighted by Crippen LogP contribution is -2.19. The molecule has 2 nitrogen and oxygen atoms in total. The summed E-state index contributed by atoms with van der Waals surface area (Å²) in [6.45, 7) is 4.08. The molecule has 0 aliphatic rings. The van der Waals surface area contributed by atoms with Gasteiger partial charge in [-0.3, -0.25) is 0 Å². The fourth-order valence-corrected chi connectivity index (χ4v) is 3.30. The van der Waals surface area contributed by atoms with Crippen molar-refractivity contribution < 1.29 is 4.74 Å². The van der Waals surface area contributed by atoms with E-state index in [1.165, 1.54) is 14.7 Å². The zero-order chi connectivity index (χ0) is 15.4. The van der Waals surface area contributed by atoms with E-state index in [0.717, 1.165) is 10.2 Å². The van der Waals surface area contributed by atoms with E-state index in [1.807, 2.05) is 33.0 Å². The highest BCUT2D eigenvalue weighted by Crippen LogP contribution is 2.30. The number of rotatable bonds is 5. The van der Waals surface area contributed by atoms with Gasteiger partial charge in [0.1, 0.15) is 5.75 Å². The number of hydrogen-bond acceptors (Lipinski definition) is 2. The first kappa shape index (κ1) is 16.8.